The van der Waals surface area contributed by atoms with Crippen LogP contribution in [0.25, 0.3) is 11.3 Å². The Morgan fingerprint density at radius 2 is 1.73 bits per heavy atom. The fourth-order valence-corrected chi connectivity index (χ4v) is 3.34. The van der Waals surface area contributed by atoms with E-state index in [0.29, 0.717) is 41.3 Å². The average molecular weight is 451 g/mol. The van der Waals surface area contributed by atoms with Crippen molar-refractivity contribution in [2.24, 2.45) is 5.73 Å². The predicted octanol–water partition coefficient (Wildman–Crippen LogP) is 3.99. The van der Waals surface area contributed by atoms with Gasteiger partial charge in [-0.15, -0.1) is 0 Å². The van der Waals surface area contributed by atoms with Gasteiger partial charge in [0.25, 0.3) is 0 Å². The summed E-state index contributed by atoms with van der Waals surface area (Å²) >= 11 is 0. The Balaban J connectivity index is 1.47. The van der Waals surface area contributed by atoms with Gasteiger partial charge < -0.3 is 20.4 Å². The number of carbonyl (C=O) groups is 3. The third-order valence-electron chi connectivity index (χ3n) is 5.18. The van der Waals surface area contributed by atoms with Crippen molar-refractivity contribution in [1.82, 2.24) is 4.90 Å². The molecule has 33 heavy (non-hydrogen) atoms. The molecule has 3 N–H and O–H groups in total. The van der Waals surface area contributed by atoms with E-state index in [4.69, 9.17) is 10.2 Å². The first kappa shape index (κ1) is 23.7. The molecule has 0 atom stereocenters. The van der Waals surface area contributed by atoms with Gasteiger partial charge in [0, 0.05) is 43.6 Å². The minimum atomic E-state index is -0.539. The maximum Gasteiger partial charge on any atom is 0.248 e. The molecule has 2 aromatic carbocycles. The Bertz CT molecular complexity index is 1120. The molecule has 3 rings (SSSR count). The largest absolute Gasteiger partial charge is 0.461 e. The normalized spacial score (nSPS) is 10.6. The van der Waals surface area contributed by atoms with E-state index in [1.54, 1.807) is 47.4 Å². The van der Waals surface area contributed by atoms with Gasteiger partial charge in [-0.1, -0.05) is 12.1 Å². The zero-order valence-corrected chi connectivity index (χ0v) is 18.3. The Morgan fingerprint density at radius 3 is 2.39 bits per heavy atom. The Labute approximate surface area is 191 Å². The Kier molecular flexibility index (Phi) is 7.96. The second kappa shape index (κ2) is 11.1. The lowest BCUT2D eigenvalue weighted by Crippen LogP contribution is -2.33. The SMILES string of the molecule is CCN(CCC(=O)Nc1ccc(C(N)=O)cc1)C(=O)CCc1ccc(-c2ccccc2F)o1. The number of carbonyl (C=O) groups excluding carboxylic acids is 3. The molecule has 0 saturated carbocycles. The quantitative estimate of drug-likeness (QED) is 0.486. The van der Waals surface area contributed by atoms with Crippen LogP contribution in [0.2, 0.25) is 0 Å². The summed E-state index contributed by atoms with van der Waals surface area (Å²) < 4.78 is 19.6. The number of nitrogens with zero attached hydrogens (tertiary/aromatic N) is 1. The van der Waals surface area contributed by atoms with E-state index < -0.39 is 5.91 Å². The third-order valence-corrected chi connectivity index (χ3v) is 5.18. The van der Waals surface area contributed by atoms with Crippen molar-refractivity contribution >= 4 is 23.4 Å². The molecule has 172 valence electrons. The van der Waals surface area contributed by atoms with Crippen LogP contribution >= 0.6 is 0 Å². The summed E-state index contributed by atoms with van der Waals surface area (Å²) in [5, 5.41) is 2.73. The van der Waals surface area contributed by atoms with E-state index in [1.807, 2.05) is 6.92 Å². The molecule has 3 aromatic rings. The predicted molar refractivity (Wildman–Crippen MR) is 123 cm³/mol. The van der Waals surface area contributed by atoms with Crippen molar-refractivity contribution in [2.45, 2.75) is 26.2 Å². The molecule has 0 spiro atoms. The van der Waals surface area contributed by atoms with E-state index in [0.717, 1.165) is 0 Å². The van der Waals surface area contributed by atoms with Crippen LogP contribution in [-0.2, 0) is 16.0 Å². The van der Waals surface area contributed by atoms with Crippen LogP contribution in [0, 0.1) is 5.82 Å². The van der Waals surface area contributed by atoms with E-state index in [1.165, 1.54) is 18.2 Å². The van der Waals surface area contributed by atoms with Crippen LogP contribution < -0.4 is 11.1 Å². The van der Waals surface area contributed by atoms with Gasteiger partial charge in [-0.2, -0.15) is 0 Å². The standard InChI is InChI=1S/C25H26FN3O4/c1-2-29(16-15-23(30)28-18-9-7-17(8-10-18)25(27)32)24(31)14-12-19-11-13-22(33-19)20-5-3-4-6-21(20)26/h3-11,13H,2,12,14-16H2,1H3,(H2,27,32)(H,28,30). The first-order chi connectivity index (χ1) is 15.9. The Hall–Kier alpha value is -3.94. The number of rotatable bonds is 10. The number of anilines is 1. The maximum absolute atomic E-state index is 13.9. The van der Waals surface area contributed by atoms with Crippen LogP contribution in [0.3, 0.4) is 0 Å². The molecular formula is C25H26FN3O4. The highest BCUT2D eigenvalue weighted by Gasteiger charge is 2.15. The van der Waals surface area contributed by atoms with Crippen LogP contribution in [0.4, 0.5) is 10.1 Å². The van der Waals surface area contributed by atoms with E-state index >= 15 is 0 Å². The second-order valence-corrected chi connectivity index (χ2v) is 7.46. The van der Waals surface area contributed by atoms with Gasteiger partial charge in [0.15, 0.2) is 0 Å². The smallest absolute Gasteiger partial charge is 0.248 e. The monoisotopic (exact) mass is 451 g/mol. The van der Waals surface area contributed by atoms with Crippen LogP contribution in [-0.4, -0.2) is 35.7 Å². The number of aryl methyl sites for hydroxylation is 1. The topological polar surface area (TPSA) is 106 Å². The number of amides is 3. The van der Waals surface area contributed by atoms with Gasteiger partial charge in [-0.3, -0.25) is 14.4 Å². The molecule has 8 heteroatoms. The van der Waals surface area contributed by atoms with Crippen molar-refractivity contribution in [1.29, 1.82) is 0 Å². The fraction of sp³-hybridized carbons (Fsp3) is 0.240. The molecule has 0 radical (unpaired) electrons. The van der Waals surface area contributed by atoms with E-state index in [9.17, 15) is 18.8 Å². The number of hydrogen-bond acceptors (Lipinski definition) is 4. The van der Waals surface area contributed by atoms with Crippen molar-refractivity contribution in [3.8, 4) is 11.3 Å². The molecular weight excluding hydrogens is 425 g/mol. The minimum Gasteiger partial charge on any atom is -0.461 e. The summed E-state index contributed by atoms with van der Waals surface area (Å²) in [5.74, 6) is -0.233. The van der Waals surface area contributed by atoms with Gasteiger partial charge in [-0.25, -0.2) is 4.39 Å². The van der Waals surface area contributed by atoms with Crippen molar-refractivity contribution in [3.05, 3.63) is 77.8 Å². The number of primary amides is 1. The minimum absolute atomic E-state index is 0.0973. The van der Waals surface area contributed by atoms with Gasteiger partial charge in [0.1, 0.15) is 17.3 Å². The molecule has 0 unspecified atom stereocenters. The first-order valence-electron chi connectivity index (χ1n) is 10.7. The number of hydrogen-bond donors (Lipinski definition) is 2. The number of nitrogens with one attached hydrogen (secondary N) is 1. The summed E-state index contributed by atoms with van der Waals surface area (Å²) in [6.45, 7) is 2.60. The molecule has 0 bridgehead atoms. The van der Waals surface area contributed by atoms with Crippen molar-refractivity contribution in [2.75, 3.05) is 18.4 Å². The fourth-order valence-electron chi connectivity index (χ4n) is 3.34. The third kappa shape index (κ3) is 6.52. The van der Waals surface area contributed by atoms with Gasteiger partial charge in [-0.05, 0) is 55.5 Å². The van der Waals surface area contributed by atoms with Gasteiger partial charge in [0.05, 0.1) is 5.56 Å². The maximum atomic E-state index is 13.9. The lowest BCUT2D eigenvalue weighted by Gasteiger charge is -2.20. The van der Waals surface area contributed by atoms with Gasteiger partial charge >= 0.3 is 0 Å². The summed E-state index contributed by atoms with van der Waals surface area (Å²) in [6, 6.07) is 16.0. The highest BCUT2D eigenvalue weighted by molar-refractivity contribution is 5.94. The first-order valence-corrected chi connectivity index (χ1v) is 10.7. The molecule has 0 aliphatic rings. The zero-order chi connectivity index (χ0) is 23.8. The highest BCUT2D eigenvalue weighted by Crippen LogP contribution is 2.25. The second-order valence-electron chi connectivity index (χ2n) is 7.46. The van der Waals surface area contributed by atoms with Crippen molar-refractivity contribution < 1.29 is 23.2 Å². The summed E-state index contributed by atoms with van der Waals surface area (Å²) in [6.07, 6.45) is 0.728. The molecule has 1 aromatic heterocycles. The van der Waals surface area contributed by atoms with Crippen molar-refractivity contribution in [3.63, 3.8) is 0 Å². The average Bonchev–Trinajstić information content (AvgIpc) is 3.27. The molecule has 7 nitrogen and oxygen atoms in total. The van der Waals surface area contributed by atoms with E-state index in [-0.39, 0.29) is 37.0 Å². The number of furan rings is 1. The molecule has 0 saturated heterocycles. The molecule has 1 heterocycles. The number of nitrogens with two attached hydrogens (primary N) is 1. The highest BCUT2D eigenvalue weighted by atomic mass is 19.1. The number of halogens is 1. The lowest BCUT2D eigenvalue weighted by molar-refractivity contribution is -0.131. The van der Waals surface area contributed by atoms with Gasteiger partial charge in [0.2, 0.25) is 17.7 Å². The summed E-state index contributed by atoms with van der Waals surface area (Å²) in [7, 11) is 0. The molecule has 0 aliphatic heterocycles. The van der Waals surface area contributed by atoms with Crippen LogP contribution in [0.1, 0.15) is 35.9 Å². The van der Waals surface area contributed by atoms with Crippen LogP contribution in [0.15, 0.2) is 65.1 Å². The summed E-state index contributed by atoms with van der Waals surface area (Å²) in [5.41, 5.74) is 6.48. The number of benzene rings is 2. The zero-order valence-electron chi connectivity index (χ0n) is 18.3. The summed E-state index contributed by atoms with van der Waals surface area (Å²) in [4.78, 5) is 37.5. The molecule has 3 amide bonds. The Morgan fingerprint density at radius 1 is 1.00 bits per heavy atom. The molecule has 0 fully saturated rings. The molecule has 0 aliphatic carbocycles. The van der Waals surface area contributed by atoms with Crippen LogP contribution in [0.5, 0.6) is 0 Å². The van der Waals surface area contributed by atoms with E-state index in [2.05, 4.69) is 5.32 Å². The lowest BCUT2D eigenvalue weighted by atomic mass is 10.1.